The Hall–Kier alpha value is -0.560. The lowest BCUT2D eigenvalue weighted by Crippen LogP contribution is -2.43. The lowest BCUT2D eigenvalue weighted by atomic mass is 9.93. The van der Waals surface area contributed by atoms with E-state index in [4.69, 9.17) is 0 Å². The molecule has 1 amide bonds. The van der Waals surface area contributed by atoms with Crippen LogP contribution in [0.5, 0.6) is 0 Å². The summed E-state index contributed by atoms with van der Waals surface area (Å²) in [5, 5.41) is 6.46. The predicted octanol–water partition coefficient (Wildman–Crippen LogP) is 3.42. The molecule has 0 spiro atoms. The molecule has 2 N–H and O–H groups in total. The van der Waals surface area contributed by atoms with Crippen LogP contribution >= 0.6 is 37.2 Å². The van der Waals surface area contributed by atoms with Crippen molar-refractivity contribution in [2.75, 3.05) is 51.6 Å². The fourth-order valence-corrected chi connectivity index (χ4v) is 3.74. The Morgan fingerprint density at radius 1 is 1.11 bits per heavy atom. The van der Waals surface area contributed by atoms with Crippen LogP contribution in [-0.2, 0) is 11.3 Å². The lowest BCUT2D eigenvalue weighted by molar-refractivity contribution is -0.116. The van der Waals surface area contributed by atoms with Crippen LogP contribution in [0.3, 0.4) is 0 Å². The van der Waals surface area contributed by atoms with Gasteiger partial charge >= 0.3 is 0 Å². The monoisotopic (exact) mass is 452 g/mol. The first-order valence-electron chi connectivity index (χ1n) is 9.69. The van der Waals surface area contributed by atoms with Gasteiger partial charge in [0.25, 0.3) is 0 Å². The first-order chi connectivity index (χ1) is 12.2. The topological polar surface area (TPSA) is 47.6 Å². The van der Waals surface area contributed by atoms with E-state index in [-0.39, 0.29) is 43.1 Å². The van der Waals surface area contributed by atoms with E-state index in [0.29, 0.717) is 12.3 Å². The highest BCUT2D eigenvalue weighted by Gasteiger charge is 2.16. The van der Waals surface area contributed by atoms with Crippen molar-refractivity contribution >= 4 is 48.8 Å². The van der Waals surface area contributed by atoms with Gasteiger partial charge in [-0.15, -0.1) is 37.2 Å². The molecule has 1 aromatic rings. The molecule has 0 bridgehead atoms. The van der Waals surface area contributed by atoms with Crippen molar-refractivity contribution in [2.24, 2.45) is 5.92 Å². The number of hydrogen-bond donors (Lipinski definition) is 2. The molecule has 0 unspecified atom stereocenters. The van der Waals surface area contributed by atoms with Gasteiger partial charge in [-0.3, -0.25) is 9.69 Å². The van der Waals surface area contributed by atoms with Crippen molar-refractivity contribution < 1.29 is 4.79 Å². The number of anilines is 1. The molecule has 5 nitrogen and oxygen atoms in total. The Bertz CT molecular complexity index is 562. The number of hydrogen-bond acceptors (Lipinski definition) is 4. The van der Waals surface area contributed by atoms with Gasteiger partial charge in [-0.1, -0.05) is 12.1 Å². The summed E-state index contributed by atoms with van der Waals surface area (Å²) in [6.45, 7) is 7.65. The average Bonchev–Trinajstić information content (AvgIpc) is 2.63. The molecule has 2 heterocycles. The summed E-state index contributed by atoms with van der Waals surface area (Å²) in [5.41, 5.74) is 2.21. The van der Waals surface area contributed by atoms with E-state index in [1.54, 1.807) is 0 Å². The maximum absolute atomic E-state index is 12.2. The smallest absolute Gasteiger partial charge is 0.224 e. The van der Waals surface area contributed by atoms with Gasteiger partial charge in [-0.05, 0) is 63.0 Å². The number of nitrogens with one attached hydrogen (secondary N) is 2. The molecule has 2 fully saturated rings. The Kier molecular flexibility index (Phi) is 14.1. The number of nitrogens with zero attached hydrogens (tertiary/aromatic N) is 2. The van der Waals surface area contributed by atoms with Crippen molar-refractivity contribution in [2.45, 2.75) is 32.2 Å². The second-order valence-electron chi connectivity index (χ2n) is 7.56. The third kappa shape index (κ3) is 9.29. The Balaban J connectivity index is 0.00000243. The first kappa shape index (κ1) is 27.4. The summed E-state index contributed by atoms with van der Waals surface area (Å²) in [7, 11) is 2.18. The molecule has 8 heteroatoms. The third-order valence-electron chi connectivity index (χ3n) is 5.45. The molecule has 28 heavy (non-hydrogen) atoms. The highest BCUT2D eigenvalue weighted by molar-refractivity contribution is 5.90. The fourth-order valence-electron chi connectivity index (χ4n) is 3.74. The number of rotatable bonds is 6. The normalized spacial score (nSPS) is 18.3. The molecular weight excluding hydrogens is 419 g/mol. The fraction of sp³-hybridized carbons (Fsp3) is 0.650. The summed E-state index contributed by atoms with van der Waals surface area (Å²) in [6.07, 6.45) is 4.05. The second kappa shape index (κ2) is 14.4. The molecule has 1 aromatic carbocycles. The van der Waals surface area contributed by atoms with Crippen LogP contribution in [0.15, 0.2) is 24.3 Å². The van der Waals surface area contributed by atoms with E-state index in [1.165, 1.54) is 18.4 Å². The summed E-state index contributed by atoms with van der Waals surface area (Å²) in [6, 6.07) is 8.33. The molecular formula is C20H35Cl3N4O. The summed E-state index contributed by atoms with van der Waals surface area (Å²) >= 11 is 0. The third-order valence-corrected chi connectivity index (χ3v) is 5.45. The number of piperidine rings is 1. The van der Waals surface area contributed by atoms with Gasteiger partial charge in [0.15, 0.2) is 0 Å². The number of carbonyl (C=O) groups excluding carboxylic acids is 1. The number of likely N-dealkylation sites (N-methyl/N-ethyl adjacent to an activating group) is 1. The molecule has 2 saturated heterocycles. The van der Waals surface area contributed by atoms with Crippen molar-refractivity contribution in [1.82, 2.24) is 15.1 Å². The van der Waals surface area contributed by atoms with Crippen molar-refractivity contribution in [3.8, 4) is 0 Å². The molecule has 2 aliphatic heterocycles. The van der Waals surface area contributed by atoms with Crippen LogP contribution in [0.1, 0.15) is 31.2 Å². The Morgan fingerprint density at radius 2 is 1.79 bits per heavy atom. The number of halogens is 3. The quantitative estimate of drug-likeness (QED) is 0.693. The van der Waals surface area contributed by atoms with Gasteiger partial charge in [0.1, 0.15) is 0 Å². The van der Waals surface area contributed by atoms with Crippen molar-refractivity contribution in [3.63, 3.8) is 0 Å². The van der Waals surface area contributed by atoms with E-state index in [0.717, 1.165) is 57.9 Å². The van der Waals surface area contributed by atoms with Crippen molar-refractivity contribution in [3.05, 3.63) is 29.8 Å². The number of piperazine rings is 1. The van der Waals surface area contributed by atoms with E-state index in [9.17, 15) is 4.79 Å². The molecule has 0 aliphatic carbocycles. The van der Waals surface area contributed by atoms with E-state index in [1.807, 2.05) is 12.1 Å². The summed E-state index contributed by atoms with van der Waals surface area (Å²) in [5.74, 6) is 0.853. The number of benzene rings is 1. The van der Waals surface area contributed by atoms with E-state index < -0.39 is 0 Å². The van der Waals surface area contributed by atoms with Crippen LogP contribution in [0, 0.1) is 5.92 Å². The summed E-state index contributed by atoms with van der Waals surface area (Å²) < 4.78 is 0. The predicted molar refractivity (Wildman–Crippen MR) is 124 cm³/mol. The molecule has 0 saturated carbocycles. The summed E-state index contributed by atoms with van der Waals surface area (Å²) in [4.78, 5) is 17.1. The van der Waals surface area contributed by atoms with E-state index in [2.05, 4.69) is 39.6 Å². The van der Waals surface area contributed by atoms with Crippen LogP contribution < -0.4 is 10.6 Å². The van der Waals surface area contributed by atoms with Crippen LogP contribution in [0.25, 0.3) is 0 Å². The maximum atomic E-state index is 12.2. The minimum atomic E-state index is 0. The Morgan fingerprint density at radius 3 is 2.46 bits per heavy atom. The first-order valence-corrected chi connectivity index (χ1v) is 9.69. The minimum absolute atomic E-state index is 0. The van der Waals surface area contributed by atoms with Crippen LogP contribution in [0.4, 0.5) is 5.69 Å². The number of carbonyl (C=O) groups is 1. The van der Waals surface area contributed by atoms with Gasteiger partial charge < -0.3 is 15.5 Å². The van der Waals surface area contributed by atoms with Gasteiger partial charge in [-0.25, -0.2) is 0 Å². The Labute approximate surface area is 188 Å². The highest BCUT2D eigenvalue weighted by Crippen LogP contribution is 2.19. The molecule has 0 radical (unpaired) electrons. The maximum Gasteiger partial charge on any atom is 0.224 e. The van der Waals surface area contributed by atoms with Gasteiger partial charge in [0.2, 0.25) is 5.91 Å². The van der Waals surface area contributed by atoms with Gasteiger partial charge in [0.05, 0.1) is 0 Å². The highest BCUT2D eigenvalue weighted by atomic mass is 35.5. The zero-order valence-corrected chi connectivity index (χ0v) is 19.1. The van der Waals surface area contributed by atoms with Crippen molar-refractivity contribution in [1.29, 1.82) is 0 Å². The zero-order valence-electron chi connectivity index (χ0n) is 16.7. The SMILES string of the molecule is CN1CCN(Cc2cccc(NC(=O)CCC3CCNCC3)c2)CC1.Cl.Cl.Cl. The lowest BCUT2D eigenvalue weighted by Gasteiger charge is -2.32. The molecule has 162 valence electrons. The molecule has 2 aliphatic rings. The van der Waals surface area contributed by atoms with Gasteiger partial charge in [-0.2, -0.15) is 0 Å². The molecule has 0 aromatic heterocycles. The molecule has 0 atom stereocenters. The second-order valence-corrected chi connectivity index (χ2v) is 7.56. The van der Waals surface area contributed by atoms with Crippen LogP contribution in [0.2, 0.25) is 0 Å². The van der Waals surface area contributed by atoms with E-state index >= 15 is 0 Å². The largest absolute Gasteiger partial charge is 0.326 e. The minimum Gasteiger partial charge on any atom is -0.326 e. The standard InChI is InChI=1S/C20H32N4O.3ClH/c1-23-11-13-24(14-12-23)16-18-3-2-4-19(15-18)22-20(25)6-5-17-7-9-21-10-8-17;;;/h2-4,15,17,21H,5-14,16H2,1H3,(H,22,25);3*1H. The zero-order chi connectivity index (χ0) is 17.5. The van der Waals surface area contributed by atoms with Crippen LogP contribution in [-0.4, -0.2) is 62.0 Å². The average molecular weight is 454 g/mol. The van der Waals surface area contributed by atoms with Gasteiger partial charge in [0, 0.05) is 44.8 Å². The molecule has 3 rings (SSSR count). The number of amides is 1.